The van der Waals surface area contributed by atoms with Gasteiger partial charge in [-0.25, -0.2) is 9.97 Å². The van der Waals surface area contributed by atoms with Crippen LogP contribution < -0.4 is 0 Å². The topological polar surface area (TPSA) is 73.3 Å². The van der Waals surface area contributed by atoms with E-state index in [-0.39, 0.29) is 5.69 Å². The van der Waals surface area contributed by atoms with Gasteiger partial charge < -0.3 is 0 Å². The first-order valence-electron chi connectivity index (χ1n) is 6.81. The molecule has 0 aliphatic rings. The zero-order chi connectivity index (χ0) is 16.8. The van der Waals surface area contributed by atoms with Crippen LogP contribution >= 0.6 is 50.4 Å². The molecule has 0 spiro atoms. The summed E-state index contributed by atoms with van der Waals surface area (Å²) >= 11 is 8.36. The summed E-state index contributed by atoms with van der Waals surface area (Å²) in [6.45, 7) is 2.05. The summed E-state index contributed by atoms with van der Waals surface area (Å²) in [7, 11) is 0. The van der Waals surface area contributed by atoms with E-state index in [1.54, 1.807) is 29.2 Å². The van der Waals surface area contributed by atoms with Crippen LogP contribution in [0.25, 0.3) is 15.2 Å². The second-order valence-corrected chi connectivity index (χ2v) is 8.86. The second kappa shape index (κ2) is 6.10. The molecular formula is C14H9BrN4O2S3. The van der Waals surface area contributed by atoms with Crippen LogP contribution in [0, 0.1) is 17.0 Å². The smallest absolute Gasteiger partial charge is 0.271 e. The van der Waals surface area contributed by atoms with Crippen molar-refractivity contribution >= 4 is 71.2 Å². The molecule has 0 fully saturated rings. The van der Waals surface area contributed by atoms with E-state index in [1.807, 2.05) is 6.92 Å². The molecule has 1 aromatic carbocycles. The highest BCUT2D eigenvalue weighted by molar-refractivity contribution is 9.10. The summed E-state index contributed by atoms with van der Waals surface area (Å²) in [6.07, 6.45) is 0. The van der Waals surface area contributed by atoms with Gasteiger partial charge in [-0.3, -0.25) is 14.5 Å². The average Bonchev–Trinajstić information content (AvgIpc) is 3.20. The summed E-state index contributed by atoms with van der Waals surface area (Å²) in [5.74, 6) is 0.691. The summed E-state index contributed by atoms with van der Waals surface area (Å²) in [5, 5.41) is 12.9. The van der Waals surface area contributed by atoms with E-state index in [0.717, 1.165) is 30.0 Å². The van der Waals surface area contributed by atoms with Crippen molar-refractivity contribution in [3.05, 3.63) is 49.7 Å². The lowest BCUT2D eigenvalue weighted by molar-refractivity contribution is -0.384. The molecule has 0 saturated carbocycles. The molecule has 10 heteroatoms. The molecule has 3 aromatic heterocycles. The largest absolute Gasteiger partial charge is 0.282 e. The first-order chi connectivity index (χ1) is 11.5. The molecule has 0 amide bonds. The van der Waals surface area contributed by atoms with Gasteiger partial charge in [0.25, 0.3) is 5.69 Å². The number of rotatable bonds is 4. The summed E-state index contributed by atoms with van der Waals surface area (Å²) in [6, 6.07) is 4.78. The van der Waals surface area contributed by atoms with Crippen LogP contribution in [0.4, 0.5) is 5.69 Å². The Morgan fingerprint density at radius 3 is 3.00 bits per heavy atom. The molecule has 0 N–H and O–H groups in total. The Balaban J connectivity index is 1.59. The maximum Gasteiger partial charge on any atom is 0.271 e. The molecule has 0 aliphatic carbocycles. The van der Waals surface area contributed by atoms with E-state index in [0.29, 0.717) is 11.3 Å². The molecular weight excluding hydrogens is 432 g/mol. The molecule has 0 saturated heterocycles. The van der Waals surface area contributed by atoms with E-state index < -0.39 is 4.92 Å². The lowest BCUT2D eigenvalue weighted by atomic mass is 10.3. The molecule has 3 heterocycles. The van der Waals surface area contributed by atoms with Crippen LogP contribution in [-0.4, -0.2) is 19.3 Å². The van der Waals surface area contributed by atoms with Crippen LogP contribution in [0.3, 0.4) is 0 Å². The van der Waals surface area contributed by atoms with Gasteiger partial charge in [0.05, 0.1) is 20.8 Å². The zero-order valence-corrected chi connectivity index (χ0v) is 16.3. The molecule has 0 atom stereocenters. The monoisotopic (exact) mass is 440 g/mol. The van der Waals surface area contributed by atoms with Crippen molar-refractivity contribution in [1.82, 2.24) is 14.4 Å². The Morgan fingerprint density at radius 2 is 2.25 bits per heavy atom. The Kier molecular flexibility index (Phi) is 4.07. The number of imidazole rings is 1. The normalized spacial score (nSPS) is 11.6. The highest BCUT2D eigenvalue weighted by Crippen LogP contribution is 2.35. The standard InChI is InChI=1S/C14H9BrN4O2S3/c1-7-5-22-13-16-10(12(15)18(7)13)6-23-14-17-9-4-8(19(20)21)2-3-11(9)24-14/h2-5H,6H2,1H3. The fourth-order valence-corrected chi connectivity index (χ4v) is 6.14. The minimum absolute atomic E-state index is 0.0666. The van der Waals surface area contributed by atoms with Gasteiger partial charge in [0.1, 0.15) is 4.60 Å². The molecule has 6 nitrogen and oxygen atoms in total. The minimum atomic E-state index is -0.400. The number of nitrogens with zero attached hydrogens (tertiary/aromatic N) is 4. The maximum absolute atomic E-state index is 10.8. The van der Waals surface area contributed by atoms with E-state index in [9.17, 15) is 10.1 Å². The number of non-ortho nitro benzene ring substituents is 1. The molecule has 0 bridgehead atoms. The number of hydrogen-bond acceptors (Lipinski definition) is 7. The van der Waals surface area contributed by atoms with Gasteiger partial charge >= 0.3 is 0 Å². The van der Waals surface area contributed by atoms with Gasteiger partial charge in [-0.2, -0.15) is 0 Å². The lowest BCUT2D eigenvalue weighted by Gasteiger charge is -1.96. The lowest BCUT2D eigenvalue weighted by Crippen LogP contribution is -1.86. The van der Waals surface area contributed by atoms with Gasteiger partial charge in [-0.05, 0) is 28.9 Å². The van der Waals surface area contributed by atoms with E-state index >= 15 is 0 Å². The zero-order valence-electron chi connectivity index (χ0n) is 12.2. The first-order valence-corrected chi connectivity index (χ1v) is 10.3. The average molecular weight is 441 g/mol. The summed E-state index contributed by atoms with van der Waals surface area (Å²) in [5.41, 5.74) is 2.85. The van der Waals surface area contributed by atoms with Crippen molar-refractivity contribution in [1.29, 1.82) is 0 Å². The van der Waals surface area contributed by atoms with Crippen molar-refractivity contribution in [2.75, 3.05) is 0 Å². The number of nitro benzene ring substituents is 1. The third-order valence-electron chi connectivity index (χ3n) is 3.44. The van der Waals surface area contributed by atoms with Crippen LogP contribution in [-0.2, 0) is 5.75 Å². The summed E-state index contributed by atoms with van der Waals surface area (Å²) < 4.78 is 4.89. The highest BCUT2D eigenvalue weighted by atomic mass is 79.9. The van der Waals surface area contributed by atoms with Crippen molar-refractivity contribution in [2.45, 2.75) is 17.0 Å². The molecule has 0 unspecified atom stereocenters. The number of halogens is 1. The van der Waals surface area contributed by atoms with Gasteiger partial charge in [-0.1, -0.05) is 11.8 Å². The van der Waals surface area contributed by atoms with Crippen molar-refractivity contribution in [2.24, 2.45) is 0 Å². The quantitative estimate of drug-likeness (QED) is 0.245. The fraction of sp³-hybridized carbons (Fsp3) is 0.143. The maximum atomic E-state index is 10.8. The number of aromatic nitrogens is 3. The van der Waals surface area contributed by atoms with Gasteiger partial charge in [0, 0.05) is 29.0 Å². The van der Waals surface area contributed by atoms with Crippen LogP contribution in [0.2, 0.25) is 0 Å². The SMILES string of the molecule is Cc1csc2nc(CSc3nc4cc([N+](=O)[O-])ccc4s3)c(Br)n12. The fourth-order valence-electron chi connectivity index (χ4n) is 2.29. The third kappa shape index (κ3) is 2.73. The van der Waals surface area contributed by atoms with Gasteiger partial charge in [0.2, 0.25) is 0 Å². The van der Waals surface area contributed by atoms with Crippen LogP contribution in [0.15, 0.2) is 32.5 Å². The Labute approximate surface area is 156 Å². The predicted octanol–water partition coefficient (Wildman–Crippen LogP) is 5.28. The number of fused-ring (bicyclic) bond motifs is 2. The first kappa shape index (κ1) is 16.0. The Hall–Kier alpha value is -1.49. The molecule has 4 rings (SSSR count). The van der Waals surface area contributed by atoms with Crippen LogP contribution in [0.5, 0.6) is 0 Å². The van der Waals surface area contributed by atoms with Gasteiger partial charge in [-0.15, -0.1) is 22.7 Å². The molecule has 122 valence electrons. The molecule has 4 aromatic rings. The van der Waals surface area contributed by atoms with E-state index in [4.69, 9.17) is 0 Å². The minimum Gasteiger partial charge on any atom is -0.282 e. The van der Waals surface area contributed by atoms with Crippen molar-refractivity contribution in [3.8, 4) is 0 Å². The van der Waals surface area contributed by atoms with Crippen molar-refractivity contribution < 1.29 is 4.92 Å². The third-order valence-corrected chi connectivity index (χ3v) is 7.39. The van der Waals surface area contributed by atoms with Crippen LogP contribution in [0.1, 0.15) is 11.4 Å². The van der Waals surface area contributed by atoms with Crippen molar-refractivity contribution in [3.63, 3.8) is 0 Å². The van der Waals surface area contributed by atoms with Gasteiger partial charge in [0.15, 0.2) is 9.30 Å². The number of aryl methyl sites for hydroxylation is 1. The predicted molar refractivity (Wildman–Crippen MR) is 101 cm³/mol. The number of thioether (sulfide) groups is 1. The Morgan fingerprint density at radius 1 is 1.42 bits per heavy atom. The van der Waals surface area contributed by atoms with E-state index in [2.05, 4.69) is 35.7 Å². The number of nitro groups is 1. The highest BCUT2D eigenvalue weighted by Gasteiger charge is 2.15. The van der Waals surface area contributed by atoms with E-state index in [1.165, 1.54) is 23.5 Å². The molecule has 24 heavy (non-hydrogen) atoms. The molecule has 0 aliphatic heterocycles. The second-order valence-electron chi connectivity index (χ2n) is 5.02. The number of thiazole rings is 2. The summed E-state index contributed by atoms with van der Waals surface area (Å²) in [4.78, 5) is 20.5. The molecule has 0 radical (unpaired) electrons. The number of hydrogen-bond donors (Lipinski definition) is 0. The Bertz CT molecular complexity index is 1080. The number of benzene rings is 1.